The fraction of sp³-hybridized carbons (Fsp3) is 0.143. The Morgan fingerprint density at radius 1 is 1.67 bits per heavy atom. The Balaban J connectivity index is 2.60. The molecule has 0 saturated heterocycles. The lowest BCUT2D eigenvalue weighted by Gasteiger charge is -1.94. The molecule has 0 aromatic carbocycles. The van der Waals surface area contributed by atoms with E-state index in [1.807, 2.05) is 6.08 Å². The minimum absolute atomic E-state index is 0.455. The Kier molecular flexibility index (Phi) is 3.88. The van der Waals surface area contributed by atoms with Gasteiger partial charge in [0.15, 0.2) is 0 Å². The van der Waals surface area contributed by atoms with Crippen molar-refractivity contribution in [1.82, 2.24) is 0 Å². The predicted molar refractivity (Wildman–Crippen MR) is 60.1 cm³/mol. The molecular weight excluding hydrogens is 338 g/mol. The molecule has 0 spiro atoms. The van der Waals surface area contributed by atoms with E-state index in [1.54, 1.807) is 3.58 Å². The molecule has 0 aromatic rings. The summed E-state index contributed by atoms with van der Waals surface area (Å²) in [7, 11) is 0. The van der Waals surface area contributed by atoms with Gasteiger partial charge in [-0.25, -0.2) is 0 Å². The van der Waals surface area contributed by atoms with Gasteiger partial charge < -0.3 is 0 Å². The third-order valence-electron chi connectivity index (χ3n) is 0.870. The summed E-state index contributed by atoms with van der Waals surface area (Å²) in [6, 6.07) is 0. The summed E-state index contributed by atoms with van der Waals surface area (Å²) in [6.07, 6.45) is 7.61. The van der Waals surface area contributed by atoms with Crippen molar-refractivity contribution in [1.29, 1.82) is 0 Å². The molecule has 1 aliphatic rings. The van der Waals surface area contributed by atoms with Crippen LogP contribution < -0.4 is 0 Å². The number of halogens is 2. The molecule has 0 aliphatic carbocycles. The summed E-state index contributed by atoms with van der Waals surface area (Å²) in [5.74, 6) is 0. The lowest BCUT2D eigenvalue weighted by atomic mass is 10.4. The standard InChI is InChI=1S/C7H8I2/c1-2-4-7-5-3-6-8-9-7/h2-3,5-6H,1,4H2. The molecular formula is C7H8I2. The quantitative estimate of drug-likeness (QED) is 0.527. The summed E-state index contributed by atoms with van der Waals surface area (Å²) in [5, 5.41) is 0. The Hall–Kier alpha value is 0.680. The zero-order valence-corrected chi connectivity index (χ0v) is 9.29. The Bertz CT molecular complexity index is 187. The molecule has 0 radical (unpaired) electrons. The molecule has 0 bridgehead atoms. The van der Waals surface area contributed by atoms with Gasteiger partial charge in [-0.05, 0) is 30.7 Å². The summed E-state index contributed by atoms with van der Waals surface area (Å²) in [6.45, 7) is 3.72. The SMILES string of the molecule is C=CCC1=CC=CI=I1. The maximum absolute atomic E-state index is 3.72. The average molecular weight is 346 g/mol. The molecule has 1 aliphatic heterocycles. The second kappa shape index (κ2) is 4.49. The van der Waals surface area contributed by atoms with Crippen LogP contribution in [-0.2, 0) is 0 Å². The first-order valence-corrected chi connectivity index (χ1v) is 11.3. The van der Waals surface area contributed by atoms with Gasteiger partial charge in [-0.2, -0.15) is 0 Å². The molecule has 0 N–H and O–H groups in total. The van der Waals surface area contributed by atoms with Gasteiger partial charge in [-0.3, -0.25) is 0 Å². The minimum Gasteiger partial charge on any atom is -0.103 e. The van der Waals surface area contributed by atoms with Gasteiger partial charge in [0.2, 0.25) is 0 Å². The molecule has 0 saturated carbocycles. The lowest BCUT2D eigenvalue weighted by molar-refractivity contribution is 1.39. The van der Waals surface area contributed by atoms with Gasteiger partial charge in [-0.1, -0.05) is 34.8 Å². The summed E-state index contributed by atoms with van der Waals surface area (Å²) >= 11 is 0.931. The Morgan fingerprint density at radius 3 is 3.11 bits per heavy atom. The molecule has 1 heterocycles. The zero-order valence-electron chi connectivity index (χ0n) is 4.98. The van der Waals surface area contributed by atoms with E-state index in [1.165, 1.54) is 0 Å². The number of allylic oxidation sites excluding steroid dienone is 4. The van der Waals surface area contributed by atoms with Crippen molar-refractivity contribution in [2.75, 3.05) is 0 Å². The van der Waals surface area contributed by atoms with Crippen LogP contribution in [0.2, 0.25) is 0 Å². The van der Waals surface area contributed by atoms with E-state index in [2.05, 4.69) is 22.8 Å². The van der Waals surface area contributed by atoms with Crippen molar-refractivity contribution in [3.8, 4) is 0 Å². The van der Waals surface area contributed by atoms with Gasteiger partial charge in [0.05, 0.1) is 0 Å². The van der Waals surface area contributed by atoms with Crippen LogP contribution in [0.4, 0.5) is 0 Å². The number of rotatable bonds is 2. The maximum atomic E-state index is 3.72. The predicted octanol–water partition coefficient (Wildman–Crippen LogP) is 3.83. The van der Waals surface area contributed by atoms with E-state index in [4.69, 9.17) is 0 Å². The normalized spacial score (nSPS) is 17.1. The van der Waals surface area contributed by atoms with Crippen molar-refractivity contribution in [3.05, 3.63) is 32.5 Å². The molecule has 9 heavy (non-hydrogen) atoms. The molecule has 0 amide bonds. The van der Waals surface area contributed by atoms with Crippen molar-refractivity contribution >= 4 is 33.2 Å². The third-order valence-corrected chi connectivity index (χ3v) is 10.0. The molecule has 0 fully saturated rings. The van der Waals surface area contributed by atoms with Crippen molar-refractivity contribution in [3.63, 3.8) is 0 Å². The molecule has 2 heteroatoms. The molecule has 50 valence electrons. The van der Waals surface area contributed by atoms with Gasteiger partial charge in [0.1, 0.15) is 0 Å². The Labute approximate surface area is 71.4 Å². The van der Waals surface area contributed by atoms with Crippen LogP contribution in [0.25, 0.3) is 0 Å². The first-order valence-electron chi connectivity index (χ1n) is 2.68. The molecule has 0 unspecified atom stereocenters. The molecule has 0 aromatic heterocycles. The maximum Gasteiger partial charge on any atom is -0.00418 e. The average Bonchev–Trinajstić information content (AvgIpc) is 1.91. The van der Waals surface area contributed by atoms with Crippen molar-refractivity contribution < 1.29 is 0 Å². The summed E-state index contributed by atoms with van der Waals surface area (Å²) in [4.78, 5) is 0. The van der Waals surface area contributed by atoms with E-state index < -0.39 is 0 Å². The first kappa shape index (κ1) is 7.78. The lowest BCUT2D eigenvalue weighted by Crippen LogP contribution is -1.65. The van der Waals surface area contributed by atoms with Crippen LogP contribution in [0.15, 0.2) is 32.5 Å². The third kappa shape index (κ3) is 2.84. The van der Waals surface area contributed by atoms with Crippen LogP contribution in [0.3, 0.4) is 0 Å². The van der Waals surface area contributed by atoms with E-state index in [-0.39, 0.29) is 0 Å². The number of hydrogen-bond acceptors (Lipinski definition) is 0. The van der Waals surface area contributed by atoms with Crippen LogP contribution in [0, 0.1) is 0 Å². The molecule has 1 rings (SSSR count). The van der Waals surface area contributed by atoms with E-state index in [0.717, 1.165) is 6.42 Å². The van der Waals surface area contributed by atoms with Gasteiger partial charge in [0.25, 0.3) is 0 Å². The molecule has 0 atom stereocenters. The largest absolute Gasteiger partial charge is 0.103 e. The fourth-order valence-electron chi connectivity index (χ4n) is 0.504. The second-order valence-electron chi connectivity index (χ2n) is 1.58. The highest BCUT2D eigenvalue weighted by Gasteiger charge is 1.89. The minimum atomic E-state index is 0.455. The smallest absolute Gasteiger partial charge is 0.00418 e. The topological polar surface area (TPSA) is 0 Å². The summed E-state index contributed by atoms with van der Waals surface area (Å²) in [5.41, 5.74) is 0. The van der Waals surface area contributed by atoms with E-state index in [9.17, 15) is 0 Å². The fourth-order valence-corrected chi connectivity index (χ4v) is 8.15. The van der Waals surface area contributed by atoms with Gasteiger partial charge in [-0.15, -0.1) is 6.58 Å². The van der Waals surface area contributed by atoms with E-state index in [0.29, 0.717) is 33.2 Å². The van der Waals surface area contributed by atoms with Crippen molar-refractivity contribution in [2.24, 2.45) is 0 Å². The monoisotopic (exact) mass is 346 g/mol. The van der Waals surface area contributed by atoms with Crippen LogP contribution in [-0.4, -0.2) is 0 Å². The first-order chi connectivity index (χ1) is 4.43. The highest BCUT2D eigenvalue weighted by Crippen LogP contribution is 2.33. The second-order valence-corrected chi connectivity index (χ2v) is 10.5. The number of hydrogen-bond donors (Lipinski definition) is 0. The highest BCUT2D eigenvalue weighted by molar-refractivity contribution is 14.8. The molecule has 0 nitrogen and oxygen atoms in total. The van der Waals surface area contributed by atoms with Crippen LogP contribution in [0.1, 0.15) is 6.42 Å². The van der Waals surface area contributed by atoms with Gasteiger partial charge >= 0.3 is 0 Å². The Morgan fingerprint density at radius 2 is 2.56 bits per heavy atom. The van der Waals surface area contributed by atoms with Crippen molar-refractivity contribution in [2.45, 2.75) is 6.42 Å². The summed E-state index contributed by atoms with van der Waals surface area (Å²) < 4.78 is 4.03. The van der Waals surface area contributed by atoms with E-state index >= 15 is 0 Å². The van der Waals surface area contributed by atoms with Crippen LogP contribution >= 0.6 is 33.2 Å². The highest BCUT2D eigenvalue weighted by atomic mass is 128. The van der Waals surface area contributed by atoms with Crippen LogP contribution in [0.5, 0.6) is 0 Å². The van der Waals surface area contributed by atoms with Gasteiger partial charge in [0, 0.05) is 0 Å². The zero-order chi connectivity index (χ0) is 6.53.